The molecule has 1 N–H and O–H groups in total. The van der Waals surface area contributed by atoms with Crippen molar-refractivity contribution in [2.45, 2.75) is 17.9 Å². The molecule has 1 amide bonds. The van der Waals surface area contributed by atoms with Crippen molar-refractivity contribution in [3.63, 3.8) is 0 Å². The van der Waals surface area contributed by atoms with E-state index in [-0.39, 0.29) is 16.6 Å². The summed E-state index contributed by atoms with van der Waals surface area (Å²) < 4.78 is 64.9. The van der Waals surface area contributed by atoms with Gasteiger partial charge in [-0.05, 0) is 43.3 Å². The summed E-state index contributed by atoms with van der Waals surface area (Å²) in [7, 11) is -4.21. The van der Waals surface area contributed by atoms with Gasteiger partial charge < -0.3 is 14.4 Å². The Morgan fingerprint density at radius 1 is 1.10 bits per heavy atom. The van der Waals surface area contributed by atoms with Crippen LogP contribution in [-0.2, 0) is 19.6 Å². The second kappa shape index (κ2) is 8.75. The zero-order valence-corrected chi connectivity index (χ0v) is 16.4. The van der Waals surface area contributed by atoms with E-state index in [2.05, 4.69) is 0 Å². The highest BCUT2D eigenvalue weighted by atomic mass is 32.2. The highest BCUT2D eigenvalue weighted by Crippen LogP contribution is 2.24. The summed E-state index contributed by atoms with van der Waals surface area (Å²) >= 11 is 0. The molecule has 1 fully saturated rings. The number of ether oxygens (including phenoxy) is 2. The van der Waals surface area contributed by atoms with Gasteiger partial charge in [-0.3, -0.25) is 9.52 Å². The Morgan fingerprint density at radius 2 is 1.69 bits per heavy atom. The van der Waals surface area contributed by atoms with Crippen LogP contribution in [0.2, 0.25) is 0 Å². The van der Waals surface area contributed by atoms with Crippen molar-refractivity contribution in [1.29, 1.82) is 0 Å². The second-order valence-electron chi connectivity index (χ2n) is 6.37. The average molecular weight is 426 g/mol. The van der Waals surface area contributed by atoms with Crippen LogP contribution in [0, 0.1) is 11.6 Å². The third-order valence-corrected chi connectivity index (χ3v) is 5.68. The van der Waals surface area contributed by atoms with Crippen LogP contribution in [0.1, 0.15) is 6.92 Å². The van der Waals surface area contributed by atoms with E-state index in [1.54, 1.807) is 11.8 Å². The molecule has 2 aromatic rings. The molecule has 0 spiro atoms. The maximum atomic E-state index is 13.7. The van der Waals surface area contributed by atoms with E-state index < -0.39 is 33.4 Å². The van der Waals surface area contributed by atoms with Crippen LogP contribution in [-0.4, -0.2) is 51.6 Å². The summed E-state index contributed by atoms with van der Waals surface area (Å²) in [5.74, 6) is -1.95. The van der Waals surface area contributed by atoms with Crippen molar-refractivity contribution >= 4 is 21.6 Å². The third kappa shape index (κ3) is 5.01. The van der Waals surface area contributed by atoms with Crippen LogP contribution in [0.5, 0.6) is 5.75 Å². The van der Waals surface area contributed by atoms with Crippen LogP contribution in [0.15, 0.2) is 47.4 Å². The van der Waals surface area contributed by atoms with Gasteiger partial charge in [0.15, 0.2) is 6.10 Å². The number of hydrogen-bond acceptors (Lipinski definition) is 5. The fourth-order valence-electron chi connectivity index (χ4n) is 2.78. The number of sulfonamides is 1. The molecule has 1 saturated heterocycles. The molecule has 1 aliphatic rings. The van der Waals surface area contributed by atoms with Crippen LogP contribution in [0.25, 0.3) is 0 Å². The molecular weight excluding hydrogens is 406 g/mol. The van der Waals surface area contributed by atoms with Crippen molar-refractivity contribution in [2.24, 2.45) is 0 Å². The Kier molecular flexibility index (Phi) is 6.33. The number of amides is 1. The predicted molar refractivity (Wildman–Crippen MR) is 101 cm³/mol. The first kappa shape index (κ1) is 21.0. The summed E-state index contributed by atoms with van der Waals surface area (Å²) in [6.45, 7) is 3.52. The lowest BCUT2D eigenvalue weighted by molar-refractivity contribution is -0.142. The summed E-state index contributed by atoms with van der Waals surface area (Å²) in [4.78, 5) is 13.8. The number of nitrogens with one attached hydrogen (secondary N) is 1. The largest absolute Gasteiger partial charge is 0.481 e. The molecular formula is C19H20F2N2O5S. The Balaban J connectivity index is 1.68. The number of hydrogen-bond donors (Lipinski definition) is 1. The molecule has 156 valence electrons. The minimum absolute atomic E-state index is 0.193. The molecule has 7 nitrogen and oxygen atoms in total. The topological polar surface area (TPSA) is 84.9 Å². The molecule has 10 heteroatoms. The lowest BCUT2D eigenvalue weighted by Gasteiger charge is -2.29. The molecule has 1 aliphatic heterocycles. The van der Waals surface area contributed by atoms with E-state index in [4.69, 9.17) is 9.47 Å². The molecule has 0 bridgehead atoms. The summed E-state index contributed by atoms with van der Waals surface area (Å²) in [5.41, 5.74) is -0.752. The Bertz CT molecular complexity index is 956. The van der Waals surface area contributed by atoms with E-state index in [1.807, 2.05) is 4.72 Å². The van der Waals surface area contributed by atoms with Gasteiger partial charge in [-0.15, -0.1) is 0 Å². The van der Waals surface area contributed by atoms with Gasteiger partial charge >= 0.3 is 0 Å². The average Bonchev–Trinajstić information content (AvgIpc) is 2.71. The smallest absolute Gasteiger partial charge is 0.263 e. The van der Waals surface area contributed by atoms with Gasteiger partial charge in [0.2, 0.25) is 0 Å². The quantitative estimate of drug-likeness (QED) is 0.767. The van der Waals surface area contributed by atoms with Crippen molar-refractivity contribution in [3.8, 4) is 5.75 Å². The molecule has 0 saturated carbocycles. The molecule has 1 atom stereocenters. The molecule has 0 radical (unpaired) electrons. The molecule has 1 heterocycles. The van der Waals surface area contributed by atoms with Crippen molar-refractivity contribution < 1.29 is 31.5 Å². The summed E-state index contributed by atoms with van der Waals surface area (Å²) in [6.07, 6.45) is -0.763. The molecule has 3 rings (SSSR count). The van der Waals surface area contributed by atoms with Gasteiger partial charge in [-0.2, -0.15) is 0 Å². The third-order valence-electron chi connectivity index (χ3n) is 4.32. The molecule has 0 unspecified atom stereocenters. The van der Waals surface area contributed by atoms with E-state index in [0.29, 0.717) is 26.3 Å². The number of anilines is 1. The SMILES string of the molecule is C[C@H](Oc1ccc(S(=O)(=O)Nc2c(F)cccc2F)cc1)C(=O)N1CCOCC1. The van der Waals surface area contributed by atoms with E-state index >= 15 is 0 Å². The van der Waals surface area contributed by atoms with Gasteiger partial charge in [0.25, 0.3) is 15.9 Å². The number of benzene rings is 2. The first-order valence-corrected chi connectivity index (χ1v) is 10.4. The standard InChI is InChI=1S/C19H20F2N2O5S/c1-13(19(24)23-9-11-27-12-10-23)28-14-5-7-15(8-6-14)29(25,26)22-18-16(20)3-2-4-17(18)21/h2-8,13,22H,9-12H2,1H3/t13-/m0/s1. The van der Waals surface area contributed by atoms with Gasteiger partial charge in [0, 0.05) is 13.1 Å². The van der Waals surface area contributed by atoms with Crippen LogP contribution >= 0.6 is 0 Å². The lowest BCUT2D eigenvalue weighted by atomic mass is 10.3. The van der Waals surface area contributed by atoms with Crippen LogP contribution < -0.4 is 9.46 Å². The minimum Gasteiger partial charge on any atom is -0.481 e. The van der Waals surface area contributed by atoms with Gasteiger partial charge in [-0.1, -0.05) is 6.07 Å². The number of carbonyl (C=O) groups excluding carboxylic acids is 1. The zero-order chi connectivity index (χ0) is 21.0. The predicted octanol–water partition coefficient (Wildman–Crippen LogP) is 2.39. The first-order valence-electron chi connectivity index (χ1n) is 8.88. The fraction of sp³-hybridized carbons (Fsp3) is 0.316. The van der Waals surface area contributed by atoms with E-state index in [0.717, 1.165) is 18.2 Å². The number of carbonyl (C=O) groups is 1. The Labute approximate surface area is 167 Å². The number of morpholine rings is 1. The van der Waals surface area contributed by atoms with Crippen molar-refractivity contribution in [1.82, 2.24) is 4.90 Å². The maximum absolute atomic E-state index is 13.7. The second-order valence-corrected chi connectivity index (χ2v) is 8.05. The number of rotatable bonds is 6. The van der Waals surface area contributed by atoms with E-state index in [9.17, 15) is 22.0 Å². The number of nitrogens with zero attached hydrogens (tertiary/aromatic N) is 1. The summed E-state index contributed by atoms with van der Waals surface area (Å²) in [6, 6.07) is 8.22. The van der Waals surface area contributed by atoms with Crippen molar-refractivity contribution in [3.05, 3.63) is 54.1 Å². The minimum atomic E-state index is -4.21. The number of para-hydroxylation sites is 1. The van der Waals surface area contributed by atoms with Gasteiger partial charge in [-0.25, -0.2) is 17.2 Å². The molecule has 2 aromatic carbocycles. The Hall–Kier alpha value is -2.72. The number of halogens is 2. The lowest BCUT2D eigenvalue weighted by Crippen LogP contribution is -2.46. The van der Waals surface area contributed by atoms with Crippen LogP contribution in [0.3, 0.4) is 0 Å². The highest BCUT2D eigenvalue weighted by Gasteiger charge is 2.24. The van der Waals surface area contributed by atoms with E-state index in [1.165, 1.54) is 24.3 Å². The normalized spacial score (nSPS) is 15.6. The fourth-order valence-corrected chi connectivity index (χ4v) is 3.86. The van der Waals surface area contributed by atoms with Gasteiger partial charge in [0.1, 0.15) is 23.1 Å². The monoisotopic (exact) mass is 426 g/mol. The van der Waals surface area contributed by atoms with Gasteiger partial charge in [0.05, 0.1) is 18.1 Å². The molecule has 0 aliphatic carbocycles. The van der Waals surface area contributed by atoms with Crippen LogP contribution in [0.4, 0.5) is 14.5 Å². The zero-order valence-electron chi connectivity index (χ0n) is 15.6. The summed E-state index contributed by atoms with van der Waals surface area (Å²) in [5, 5.41) is 0. The highest BCUT2D eigenvalue weighted by molar-refractivity contribution is 7.92. The maximum Gasteiger partial charge on any atom is 0.263 e. The Morgan fingerprint density at radius 3 is 2.28 bits per heavy atom. The molecule has 29 heavy (non-hydrogen) atoms. The first-order chi connectivity index (χ1) is 13.8. The molecule has 0 aromatic heterocycles. The van der Waals surface area contributed by atoms with Crippen molar-refractivity contribution in [2.75, 3.05) is 31.0 Å².